The summed E-state index contributed by atoms with van der Waals surface area (Å²) in [7, 11) is 0. The lowest BCUT2D eigenvalue weighted by molar-refractivity contribution is -0.941. The third kappa shape index (κ3) is 3.45. The van der Waals surface area contributed by atoms with Gasteiger partial charge in [0, 0.05) is 24.7 Å². The average Bonchev–Trinajstić information content (AvgIpc) is 2.88. The summed E-state index contributed by atoms with van der Waals surface area (Å²) in [5, 5.41) is 12.4. The summed E-state index contributed by atoms with van der Waals surface area (Å²) in [6.07, 6.45) is 1.70. The zero-order valence-electron chi connectivity index (χ0n) is 14.3. The molecule has 1 aromatic rings. The number of primary amides is 1. The number of piperidine rings is 1. The minimum Gasteiger partial charge on any atom is -0.369 e. The zero-order chi connectivity index (χ0) is 16.5. The number of quaternary nitrogens is 1. The minimum atomic E-state index is -0.167. The molecule has 1 fully saturated rings. The van der Waals surface area contributed by atoms with Gasteiger partial charge in [0.25, 0.3) is 0 Å². The van der Waals surface area contributed by atoms with Crippen LogP contribution in [0.2, 0.25) is 0 Å². The van der Waals surface area contributed by atoms with Gasteiger partial charge in [0.2, 0.25) is 11.7 Å². The third-order valence-electron chi connectivity index (χ3n) is 4.54. The Morgan fingerprint density at radius 1 is 1.32 bits per heavy atom. The Bertz CT molecular complexity index is 510. The van der Waals surface area contributed by atoms with E-state index in [0.29, 0.717) is 5.92 Å². The molecule has 0 spiro atoms. The number of carbonyl (C=O) groups excluding carboxylic acids is 1. The molecule has 1 amide bonds. The molecule has 1 saturated heterocycles. The Kier molecular flexibility index (Phi) is 4.84. The van der Waals surface area contributed by atoms with Gasteiger partial charge in [-0.25, -0.2) is 4.68 Å². The van der Waals surface area contributed by atoms with Gasteiger partial charge in [-0.15, -0.1) is 5.10 Å². The molecule has 22 heavy (non-hydrogen) atoms. The first-order valence-corrected chi connectivity index (χ1v) is 8.14. The number of hydrogen-bond acceptors (Lipinski definition) is 4. The van der Waals surface area contributed by atoms with E-state index in [9.17, 15) is 4.79 Å². The van der Waals surface area contributed by atoms with Crippen molar-refractivity contribution in [2.75, 3.05) is 13.1 Å². The molecule has 124 valence electrons. The minimum absolute atomic E-state index is 0.0233. The lowest BCUT2D eigenvalue weighted by Crippen LogP contribution is -3.14. The molecule has 0 aromatic carbocycles. The van der Waals surface area contributed by atoms with Crippen molar-refractivity contribution in [1.29, 1.82) is 0 Å². The van der Waals surface area contributed by atoms with Crippen molar-refractivity contribution in [3.8, 4) is 0 Å². The van der Waals surface area contributed by atoms with E-state index < -0.39 is 0 Å². The Morgan fingerprint density at radius 2 is 1.91 bits per heavy atom. The second-order valence-electron chi connectivity index (χ2n) is 7.68. The van der Waals surface area contributed by atoms with E-state index >= 15 is 0 Å². The molecule has 3 N–H and O–H groups in total. The Labute approximate surface area is 132 Å². The summed E-state index contributed by atoms with van der Waals surface area (Å²) in [4.78, 5) is 12.8. The largest absolute Gasteiger partial charge is 0.369 e. The maximum atomic E-state index is 11.4. The monoisotopic (exact) mass is 309 g/mol. The van der Waals surface area contributed by atoms with Crippen molar-refractivity contribution in [3.05, 3.63) is 5.82 Å². The quantitative estimate of drug-likeness (QED) is 0.813. The second kappa shape index (κ2) is 6.32. The van der Waals surface area contributed by atoms with E-state index in [-0.39, 0.29) is 23.4 Å². The van der Waals surface area contributed by atoms with Crippen molar-refractivity contribution in [2.24, 2.45) is 17.6 Å². The van der Waals surface area contributed by atoms with E-state index in [1.807, 2.05) is 4.68 Å². The molecule has 0 aliphatic carbocycles. The zero-order valence-corrected chi connectivity index (χ0v) is 14.3. The Balaban J connectivity index is 2.22. The van der Waals surface area contributed by atoms with Crippen LogP contribution in [0, 0.1) is 11.8 Å². The molecule has 1 aromatic heterocycles. The molecule has 0 radical (unpaired) electrons. The molecule has 2 heterocycles. The number of rotatable bonds is 4. The summed E-state index contributed by atoms with van der Waals surface area (Å²) in [5.41, 5.74) is 5.30. The van der Waals surface area contributed by atoms with Crippen molar-refractivity contribution in [2.45, 2.75) is 59.0 Å². The van der Waals surface area contributed by atoms with Crippen LogP contribution in [-0.2, 0) is 10.3 Å². The molecule has 1 aliphatic heterocycles. The normalized spacial score (nSPS) is 24.5. The number of nitrogens with one attached hydrogen (secondary N) is 1. The second-order valence-corrected chi connectivity index (χ2v) is 7.68. The highest BCUT2D eigenvalue weighted by Gasteiger charge is 2.38. The van der Waals surface area contributed by atoms with Gasteiger partial charge in [-0.1, -0.05) is 13.8 Å². The van der Waals surface area contributed by atoms with Crippen LogP contribution in [0.15, 0.2) is 0 Å². The fourth-order valence-corrected chi connectivity index (χ4v) is 3.40. The number of amides is 1. The number of hydrogen-bond donors (Lipinski definition) is 2. The maximum absolute atomic E-state index is 11.4. The van der Waals surface area contributed by atoms with Crippen LogP contribution in [0.3, 0.4) is 0 Å². The highest BCUT2D eigenvalue weighted by molar-refractivity contribution is 5.76. The molecule has 0 unspecified atom stereocenters. The SMILES string of the molecule is CC(C)[C@H](c1nnnn1C(C)(C)C)[NH+]1CCC(C(N)=O)CC1. The highest BCUT2D eigenvalue weighted by atomic mass is 16.1. The van der Waals surface area contributed by atoms with E-state index in [1.54, 1.807) is 0 Å². The van der Waals surface area contributed by atoms with Crippen molar-refractivity contribution < 1.29 is 9.69 Å². The van der Waals surface area contributed by atoms with Crippen LogP contribution < -0.4 is 10.6 Å². The first kappa shape index (κ1) is 16.9. The number of nitrogens with zero attached hydrogens (tertiary/aromatic N) is 4. The van der Waals surface area contributed by atoms with Gasteiger partial charge in [-0.3, -0.25) is 4.79 Å². The van der Waals surface area contributed by atoms with Crippen molar-refractivity contribution in [1.82, 2.24) is 20.2 Å². The van der Waals surface area contributed by atoms with Crippen molar-refractivity contribution in [3.63, 3.8) is 0 Å². The van der Waals surface area contributed by atoms with Gasteiger partial charge in [0.05, 0.1) is 18.6 Å². The van der Waals surface area contributed by atoms with E-state index in [0.717, 1.165) is 31.8 Å². The smallest absolute Gasteiger partial charge is 0.220 e. The highest BCUT2D eigenvalue weighted by Crippen LogP contribution is 2.22. The summed E-state index contributed by atoms with van der Waals surface area (Å²) >= 11 is 0. The van der Waals surface area contributed by atoms with Crippen LogP contribution in [0.25, 0.3) is 0 Å². The van der Waals surface area contributed by atoms with Gasteiger partial charge in [0.15, 0.2) is 6.04 Å². The van der Waals surface area contributed by atoms with Crippen LogP contribution in [0.4, 0.5) is 0 Å². The standard InChI is InChI=1S/C15H28N6O/c1-10(2)12(14-17-18-19-21(14)15(3,4)5)20-8-6-11(7-9-20)13(16)22/h10-12H,6-9H2,1-5H3,(H2,16,22)/p+1/t12-/m1/s1. The fourth-order valence-electron chi connectivity index (χ4n) is 3.40. The predicted molar refractivity (Wildman–Crippen MR) is 83.0 cm³/mol. The number of likely N-dealkylation sites (tertiary alicyclic amines) is 1. The van der Waals surface area contributed by atoms with Gasteiger partial charge in [0.1, 0.15) is 0 Å². The first-order chi connectivity index (χ1) is 10.2. The number of carbonyl (C=O) groups is 1. The lowest BCUT2D eigenvalue weighted by Gasteiger charge is -2.36. The first-order valence-electron chi connectivity index (χ1n) is 8.14. The number of tetrazole rings is 1. The van der Waals surface area contributed by atoms with Crippen LogP contribution in [0.5, 0.6) is 0 Å². The van der Waals surface area contributed by atoms with E-state index in [2.05, 4.69) is 50.1 Å². The van der Waals surface area contributed by atoms with E-state index in [1.165, 1.54) is 4.90 Å². The van der Waals surface area contributed by atoms with Crippen LogP contribution in [0.1, 0.15) is 59.3 Å². The molecule has 2 rings (SSSR count). The molecule has 1 aliphatic rings. The van der Waals surface area contributed by atoms with Gasteiger partial charge < -0.3 is 10.6 Å². The molecular weight excluding hydrogens is 280 g/mol. The molecule has 7 nitrogen and oxygen atoms in total. The maximum Gasteiger partial charge on any atom is 0.220 e. The molecule has 0 saturated carbocycles. The summed E-state index contributed by atoms with van der Waals surface area (Å²) in [6, 6.07) is 0.239. The molecular formula is C15H29N6O+. The van der Waals surface area contributed by atoms with Crippen LogP contribution >= 0.6 is 0 Å². The van der Waals surface area contributed by atoms with Gasteiger partial charge >= 0.3 is 0 Å². The molecule has 0 bridgehead atoms. The topological polar surface area (TPSA) is 91.1 Å². The van der Waals surface area contributed by atoms with Gasteiger partial charge in [-0.05, 0) is 31.2 Å². The van der Waals surface area contributed by atoms with E-state index in [4.69, 9.17) is 5.73 Å². The lowest BCUT2D eigenvalue weighted by atomic mass is 9.92. The number of nitrogens with two attached hydrogens (primary N) is 1. The predicted octanol–water partition coefficient (Wildman–Crippen LogP) is -0.0946. The summed E-state index contributed by atoms with van der Waals surface area (Å²) in [6.45, 7) is 12.6. The fraction of sp³-hybridized carbons (Fsp3) is 0.867. The summed E-state index contributed by atoms with van der Waals surface area (Å²) < 4.78 is 1.94. The Hall–Kier alpha value is -1.50. The number of aromatic nitrogens is 4. The average molecular weight is 309 g/mol. The van der Waals surface area contributed by atoms with Crippen molar-refractivity contribution >= 4 is 5.91 Å². The van der Waals surface area contributed by atoms with Crippen LogP contribution in [-0.4, -0.2) is 39.2 Å². The Morgan fingerprint density at radius 3 is 2.36 bits per heavy atom. The molecule has 1 atom stereocenters. The molecule has 7 heteroatoms. The summed E-state index contributed by atoms with van der Waals surface area (Å²) in [5.74, 6) is 1.22. The van der Waals surface area contributed by atoms with Gasteiger partial charge in [-0.2, -0.15) is 0 Å². The third-order valence-corrected chi connectivity index (χ3v) is 4.54.